The molecule has 0 aromatic rings. The number of hydrogen-bond acceptors (Lipinski definition) is 7. The van der Waals surface area contributed by atoms with E-state index in [4.69, 9.17) is 14.2 Å². The molecule has 0 radical (unpaired) electrons. The van der Waals surface area contributed by atoms with Crippen LogP contribution in [0.2, 0.25) is 0 Å². The van der Waals surface area contributed by atoms with Gasteiger partial charge in [0.2, 0.25) is 0 Å². The maximum Gasteiger partial charge on any atom is 0.320 e. The van der Waals surface area contributed by atoms with Crippen LogP contribution in [-0.2, 0) is 28.6 Å². The van der Waals surface area contributed by atoms with Gasteiger partial charge < -0.3 is 19.3 Å². The summed E-state index contributed by atoms with van der Waals surface area (Å²) in [6.45, 7) is 5.78. The lowest BCUT2D eigenvalue weighted by atomic mass is 9.44. The number of esters is 2. The molecule has 0 aromatic heterocycles. The average Bonchev–Trinajstić information content (AvgIpc) is 3.13. The largest absolute Gasteiger partial charge is 0.465 e. The number of carbonyl (C=O) groups is 3. The Kier molecular flexibility index (Phi) is 4.06. The van der Waals surface area contributed by atoms with Crippen molar-refractivity contribution in [3.63, 3.8) is 0 Å². The van der Waals surface area contributed by atoms with Gasteiger partial charge in [-0.15, -0.1) is 0 Å². The highest BCUT2D eigenvalue weighted by Crippen LogP contribution is 2.71. The topological polar surface area (TPSA) is 99.1 Å². The van der Waals surface area contributed by atoms with Crippen LogP contribution in [0.1, 0.15) is 52.9 Å². The third kappa shape index (κ3) is 2.23. The first-order valence-corrected chi connectivity index (χ1v) is 10.9. The zero-order valence-corrected chi connectivity index (χ0v) is 17.3. The van der Waals surface area contributed by atoms with E-state index in [2.05, 4.69) is 0 Å². The fraction of sp³-hybridized carbons (Fsp3) is 0.864. The van der Waals surface area contributed by atoms with Crippen LogP contribution in [0.25, 0.3) is 0 Å². The van der Waals surface area contributed by atoms with Crippen LogP contribution in [0.4, 0.5) is 0 Å². The van der Waals surface area contributed by atoms with Crippen molar-refractivity contribution in [3.05, 3.63) is 0 Å². The van der Waals surface area contributed by atoms with Crippen molar-refractivity contribution in [2.45, 2.75) is 65.3 Å². The number of ether oxygens (including phenoxy) is 3. The number of Topliss-reactive ketones (excluding diaryl/α,β-unsaturated/α-hetero) is 1. The molecule has 5 fully saturated rings. The number of ketones is 1. The van der Waals surface area contributed by atoms with Crippen molar-refractivity contribution in [2.24, 2.45) is 39.9 Å². The number of hydrogen-bond donors (Lipinski definition) is 1. The smallest absolute Gasteiger partial charge is 0.320 e. The lowest BCUT2D eigenvalue weighted by Gasteiger charge is -2.62. The lowest BCUT2D eigenvalue weighted by molar-refractivity contribution is -0.242. The molecular formula is C22H30O7. The van der Waals surface area contributed by atoms with E-state index < -0.39 is 22.5 Å². The van der Waals surface area contributed by atoms with Crippen LogP contribution in [0.3, 0.4) is 0 Å². The van der Waals surface area contributed by atoms with E-state index in [9.17, 15) is 19.5 Å². The first kappa shape index (κ1) is 19.5. The molecule has 2 aliphatic heterocycles. The summed E-state index contributed by atoms with van der Waals surface area (Å²) in [7, 11) is 0. The normalized spacial score (nSPS) is 53.0. The Morgan fingerprint density at radius 2 is 2.03 bits per heavy atom. The van der Waals surface area contributed by atoms with E-state index in [1.807, 2.05) is 13.8 Å². The molecule has 5 rings (SSSR count). The second kappa shape index (κ2) is 6.03. The molecule has 5 aliphatic rings. The molecule has 2 saturated heterocycles. The highest BCUT2D eigenvalue weighted by molar-refractivity contribution is 6.07. The molecule has 7 heteroatoms. The second-order valence-corrected chi connectivity index (χ2v) is 10.4. The summed E-state index contributed by atoms with van der Waals surface area (Å²) in [5, 5.41) is 10.9. The van der Waals surface area contributed by atoms with E-state index in [0.717, 1.165) is 12.8 Å². The van der Waals surface area contributed by atoms with Crippen molar-refractivity contribution in [3.8, 4) is 0 Å². The molecule has 3 aliphatic carbocycles. The van der Waals surface area contributed by atoms with Gasteiger partial charge in [-0.1, -0.05) is 13.8 Å². The summed E-state index contributed by atoms with van der Waals surface area (Å²) < 4.78 is 17.2. The van der Waals surface area contributed by atoms with Gasteiger partial charge in [0.05, 0.1) is 13.2 Å². The predicted molar refractivity (Wildman–Crippen MR) is 99.2 cm³/mol. The Bertz CT molecular complexity index is 779. The summed E-state index contributed by atoms with van der Waals surface area (Å²) in [5.41, 5.74) is -2.23. The van der Waals surface area contributed by atoms with Crippen LogP contribution in [0.5, 0.6) is 0 Å². The van der Waals surface area contributed by atoms with Crippen LogP contribution >= 0.6 is 0 Å². The fourth-order valence-corrected chi connectivity index (χ4v) is 7.88. The molecule has 0 amide bonds. The number of carbonyl (C=O) groups excluding carboxylic acids is 3. The minimum Gasteiger partial charge on any atom is -0.465 e. The molecule has 1 N–H and O–H groups in total. The average molecular weight is 406 g/mol. The zero-order chi connectivity index (χ0) is 20.8. The van der Waals surface area contributed by atoms with Gasteiger partial charge >= 0.3 is 11.9 Å². The van der Waals surface area contributed by atoms with Crippen LogP contribution in [-0.4, -0.2) is 48.4 Å². The third-order valence-electron chi connectivity index (χ3n) is 9.13. The Hall–Kier alpha value is -1.47. The molecule has 2 spiro atoms. The van der Waals surface area contributed by atoms with Crippen molar-refractivity contribution < 1.29 is 33.7 Å². The first-order chi connectivity index (χ1) is 13.7. The van der Waals surface area contributed by atoms with E-state index in [1.165, 1.54) is 6.92 Å². The number of fused-ring (bicyclic) bond motifs is 1. The number of rotatable bonds is 2. The second-order valence-electron chi connectivity index (χ2n) is 10.4. The highest BCUT2D eigenvalue weighted by atomic mass is 16.6. The number of aliphatic hydroxyl groups is 1. The molecule has 0 aromatic carbocycles. The van der Waals surface area contributed by atoms with E-state index in [0.29, 0.717) is 19.3 Å². The third-order valence-corrected chi connectivity index (χ3v) is 9.13. The number of aliphatic hydroxyl groups excluding tert-OH is 1. The Morgan fingerprint density at radius 1 is 1.28 bits per heavy atom. The van der Waals surface area contributed by atoms with E-state index >= 15 is 0 Å². The molecule has 9 atom stereocenters. The molecule has 0 unspecified atom stereocenters. The highest BCUT2D eigenvalue weighted by Gasteiger charge is 2.78. The maximum atomic E-state index is 13.4. The van der Waals surface area contributed by atoms with Crippen molar-refractivity contribution in [1.29, 1.82) is 0 Å². The summed E-state index contributed by atoms with van der Waals surface area (Å²) in [6.07, 6.45) is 2.09. The van der Waals surface area contributed by atoms with Gasteiger partial charge in [0.1, 0.15) is 11.5 Å². The zero-order valence-electron chi connectivity index (χ0n) is 17.3. The van der Waals surface area contributed by atoms with Crippen LogP contribution in [0.15, 0.2) is 0 Å². The minimum atomic E-state index is -1.11. The van der Waals surface area contributed by atoms with Crippen LogP contribution < -0.4 is 0 Å². The maximum absolute atomic E-state index is 13.4. The van der Waals surface area contributed by atoms with Gasteiger partial charge in [0.25, 0.3) is 0 Å². The van der Waals surface area contributed by atoms with Crippen LogP contribution in [0, 0.1) is 39.9 Å². The summed E-state index contributed by atoms with van der Waals surface area (Å²) >= 11 is 0. The fourth-order valence-electron chi connectivity index (χ4n) is 7.88. The lowest BCUT2D eigenvalue weighted by Crippen LogP contribution is -2.69. The molecule has 160 valence electrons. The Labute approximate surface area is 170 Å². The van der Waals surface area contributed by atoms with E-state index in [-0.39, 0.29) is 60.7 Å². The monoisotopic (exact) mass is 406 g/mol. The van der Waals surface area contributed by atoms with E-state index in [1.54, 1.807) is 0 Å². The standard InChI is InChI=1S/C22H30O7/c1-11-13-4-5-14-21(8-13,17(11)24)19(26)29-15-6-7-20(3,9-27-12(2)23)16-18(25)28-10-22(14,15)16/h11,13-16,18,25H,4-10H2,1-3H3/t11-,13-,14-,15+,16-,18-,20+,21+,22-/m1/s1. The Morgan fingerprint density at radius 3 is 2.76 bits per heavy atom. The van der Waals surface area contributed by atoms with Gasteiger partial charge in [0, 0.05) is 29.6 Å². The molecule has 2 bridgehead atoms. The molecule has 29 heavy (non-hydrogen) atoms. The Balaban J connectivity index is 1.62. The summed E-state index contributed by atoms with van der Waals surface area (Å²) in [6, 6.07) is 0. The molecular weight excluding hydrogens is 376 g/mol. The molecule has 2 heterocycles. The predicted octanol–water partition coefficient (Wildman–Crippen LogP) is 1.85. The quantitative estimate of drug-likeness (QED) is 0.552. The summed E-state index contributed by atoms with van der Waals surface area (Å²) in [4.78, 5) is 38.2. The van der Waals surface area contributed by atoms with Crippen molar-refractivity contribution in [1.82, 2.24) is 0 Å². The minimum absolute atomic E-state index is 0.00947. The van der Waals surface area contributed by atoms with Crippen molar-refractivity contribution >= 4 is 17.7 Å². The van der Waals surface area contributed by atoms with Gasteiger partial charge in [-0.05, 0) is 43.9 Å². The first-order valence-electron chi connectivity index (χ1n) is 10.9. The van der Waals surface area contributed by atoms with Crippen molar-refractivity contribution in [2.75, 3.05) is 13.2 Å². The SMILES string of the molecule is CC(=O)OC[C@]1(C)CC[C@@H]2OC(=O)[C@@]34C[C@@H](CC[C@H]3[C@]23CO[C@@H](O)[C@H]13)[C@@H](C)C4=O. The van der Waals surface area contributed by atoms with Gasteiger partial charge in [-0.25, -0.2) is 0 Å². The van der Waals surface area contributed by atoms with Gasteiger partial charge in [0.15, 0.2) is 12.1 Å². The van der Waals surface area contributed by atoms with Gasteiger partial charge in [-0.2, -0.15) is 0 Å². The van der Waals surface area contributed by atoms with Gasteiger partial charge in [-0.3, -0.25) is 14.4 Å². The molecule has 3 saturated carbocycles. The summed E-state index contributed by atoms with van der Waals surface area (Å²) in [5.74, 6) is -1.18. The molecule has 7 nitrogen and oxygen atoms in total.